The molecule has 0 unspecified atom stereocenters. The highest BCUT2D eigenvalue weighted by atomic mass is 32.2. The molecular formula is C17H23NO5S. The predicted octanol–water partition coefficient (Wildman–Crippen LogP) is 1.46. The third-order valence-electron chi connectivity index (χ3n) is 4.61. The molecule has 7 heteroatoms. The quantitative estimate of drug-likeness (QED) is 0.836. The van der Waals surface area contributed by atoms with Crippen LogP contribution in [0.4, 0.5) is 0 Å². The summed E-state index contributed by atoms with van der Waals surface area (Å²) in [5.41, 5.74) is -0.188. The van der Waals surface area contributed by atoms with Gasteiger partial charge in [0.25, 0.3) is 0 Å². The number of amides is 1. The van der Waals surface area contributed by atoms with E-state index in [1.165, 1.54) is 0 Å². The van der Waals surface area contributed by atoms with E-state index in [4.69, 9.17) is 0 Å². The predicted molar refractivity (Wildman–Crippen MR) is 90.5 cm³/mol. The van der Waals surface area contributed by atoms with Gasteiger partial charge < -0.3 is 10.0 Å². The van der Waals surface area contributed by atoms with Gasteiger partial charge in [-0.25, -0.2) is 8.42 Å². The number of hydrogen-bond acceptors (Lipinski definition) is 4. The lowest BCUT2D eigenvalue weighted by Gasteiger charge is -2.39. The van der Waals surface area contributed by atoms with Gasteiger partial charge >= 0.3 is 5.97 Å². The molecule has 132 valence electrons. The van der Waals surface area contributed by atoms with Crippen molar-refractivity contribution in [2.75, 3.05) is 25.1 Å². The zero-order valence-electron chi connectivity index (χ0n) is 13.8. The first kappa shape index (κ1) is 18.4. The summed E-state index contributed by atoms with van der Waals surface area (Å²) in [4.78, 5) is 25.7. The largest absolute Gasteiger partial charge is 0.481 e. The van der Waals surface area contributed by atoms with E-state index in [2.05, 4.69) is 0 Å². The minimum atomic E-state index is -3.06. The molecule has 1 aliphatic heterocycles. The molecule has 0 radical (unpaired) electrons. The molecule has 1 heterocycles. The van der Waals surface area contributed by atoms with Gasteiger partial charge in [-0.2, -0.15) is 0 Å². The molecule has 1 aromatic rings. The molecule has 2 rings (SSSR count). The average Bonchev–Trinajstić information content (AvgIpc) is 2.54. The van der Waals surface area contributed by atoms with Crippen LogP contribution in [0.5, 0.6) is 0 Å². The number of aliphatic carboxylic acids is 1. The molecule has 0 bridgehead atoms. The van der Waals surface area contributed by atoms with Crippen LogP contribution in [0, 0.1) is 0 Å². The molecule has 1 saturated heterocycles. The standard InChI is InChI=1S/C17H23NO5S/c1-24(22,23)13-5-8-15(19)18-11-9-17(10-12-18,16(20)21)14-6-3-2-4-7-14/h2-4,6-7H,5,8-13H2,1H3,(H,20,21). The van der Waals surface area contributed by atoms with Gasteiger partial charge in [0.1, 0.15) is 9.84 Å². The molecule has 1 aliphatic rings. The maximum atomic E-state index is 12.2. The third kappa shape index (κ3) is 4.35. The summed E-state index contributed by atoms with van der Waals surface area (Å²) >= 11 is 0. The zero-order chi connectivity index (χ0) is 17.8. The van der Waals surface area contributed by atoms with E-state index in [1.807, 2.05) is 30.3 Å². The Labute approximate surface area is 142 Å². The summed E-state index contributed by atoms with van der Waals surface area (Å²) in [6.07, 6.45) is 2.36. The molecule has 1 aromatic carbocycles. The fourth-order valence-corrected chi connectivity index (χ4v) is 3.83. The molecule has 0 atom stereocenters. The number of likely N-dealkylation sites (tertiary alicyclic amines) is 1. The highest BCUT2D eigenvalue weighted by Gasteiger charge is 2.43. The number of benzene rings is 1. The first-order valence-corrected chi connectivity index (χ1v) is 10.1. The number of carboxylic acid groups (broad SMARTS) is 1. The van der Waals surface area contributed by atoms with Gasteiger partial charge in [-0.05, 0) is 24.8 Å². The van der Waals surface area contributed by atoms with Crippen molar-refractivity contribution in [2.24, 2.45) is 0 Å². The molecule has 1 N–H and O–H groups in total. The van der Waals surface area contributed by atoms with Gasteiger partial charge in [-0.3, -0.25) is 9.59 Å². The Hall–Kier alpha value is -1.89. The Kier molecular flexibility index (Phi) is 5.64. The molecule has 24 heavy (non-hydrogen) atoms. The van der Waals surface area contributed by atoms with Gasteiger partial charge in [-0.15, -0.1) is 0 Å². The summed E-state index contributed by atoms with van der Waals surface area (Å²) in [6, 6.07) is 9.13. The maximum absolute atomic E-state index is 12.2. The Morgan fingerprint density at radius 1 is 1.17 bits per heavy atom. The second-order valence-electron chi connectivity index (χ2n) is 6.37. The van der Waals surface area contributed by atoms with E-state index < -0.39 is 21.2 Å². The van der Waals surface area contributed by atoms with Crippen LogP contribution in [0.25, 0.3) is 0 Å². The highest BCUT2D eigenvalue weighted by Crippen LogP contribution is 2.36. The second-order valence-corrected chi connectivity index (χ2v) is 8.63. The Morgan fingerprint density at radius 3 is 2.25 bits per heavy atom. The number of rotatable bonds is 6. The smallest absolute Gasteiger partial charge is 0.314 e. The molecule has 0 aromatic heterocycles. The number of carbonyl (C=O) groups excluding carboxylic acids is 1. The summed E-state index contributed by atoms with van der Waals surface area (Å²) in [5.74, 6) is -0.973. The van der Waals surface area contributed by atoms with Crippen LogP contribution < -0.4 is 0 Å². The van der Waals surface area contributed by atoms with Gasteiger partial charge in [0.05, 0.1) is 11.2 Å². The lowest BCUT2D eigenvalue weighted by atomic mass is 9.73. The van der Waals surface area contributed by atoms with E-state index in [-0.39, 0.29) is 18.1 Å². The van der Waals surface area contributed by atoms with Crippen molar-refractivity contribution in [2.45, 2.75) is 31.1 Å². The van der Waals surface area contributed by atoms with Gasteiger partial charge in [0.2, 0.25) is 5.91 Å². The average molecular weight is 353 g/mol. The van der Waals surface area contributed by atoms with E-state index >= 15 is 0 Å². The van der Waals surface area contributed by atoms with Crippen LogP contribution in [0.2, 0.25) is 0 Å². The van der Waals surface area contributed by atoms with Crippen molar-refractivity contribution in [3.63, 3.8) is 0 Å². The summed E-state index contributed by atoms with van der Waals surface area (Å²) in [6.45, 7) is 0.748. The van der Waals surface area contributed by atoms with Gasteiger partial charge in [0.15, 0.2) is 0 Å². The van der Waals surface area contributed by atoms with Crippen LogP contribution in [0.3, 0.4) is 0 Å². The molecule has 1 amide bonds. The Morgan fingerprint density at radius 2 is 1.75 bits per heavy atom. The number of nitrogens with zero attached hydrogens (tertiary/aromatic N) is 1. The number of sulfone groups is 1. The molecule has 0 saturated carbocycles. The van der Waals surface area contributed by atoms with Gasteiger partial charge in [-0.1, -0.05) is 30.3 Å². The van der Waals surface area contributed by atoms with E-state index in [9.17, 15) is 23.1 Å². The van der Waals surface area contributed by atoms with Crippen molar-refractivity contribution in [1.82, 2.24) is 4.90 Å². The fraction of sp³-hybridized carbons (Fsp3) is 0.529. The van der Waals surface area contributed by atoms with Crippen molar-refractivity contribution in [1.29, 1.82) is 0 Å². The van der Waals surface area contributed by atoms with E-state index in [1.54, 1.807) is 4.90 Å². The van der Waals surface area contributed by atoms with Crippen LogP contribution in [0.15, 0.2) is 30.3 Å². The lowest BCUT2D eigenvalue weighted by Crippen LogP contribution is -2.49. The van der Waals surface area contributed by atoms with Crippen LogP contribution in [-0.2, 0) is 24.8 Å². The molecule has 0 spiro atoms. The van der Waals surface area contributed by atoms with Crippen molar-refractivity contribution >= 4 is 21.7 Å². The van der Waals surface area contributed by atoms with Crippen LogP contribution in [0.1, 0.15) is 31.2 Å². The molecule has 6 nitrogen and oxygen atoms in total. The topological polar surface area (TPSA) is 91.8 Å². The van der Waals surface area contributed by atoms with Crippen molar-refractivity contribution in [3.8, 4) is 0 Å². The Bertz CT molecular complexity index is 691. The normalized spacial score (nSPS) is 17.5. The van der Waals surface area contributed by atoms with E-state index in [0.717, 1.165) is 11.8 Å². The first-order valence-electron chi connectivity index (χ1n) is 7.99. The highest BCUT2D eigenvalue weighted by molar-refractivity contribution is 7.90. The summed E-state index contributed by atoms with van der Waals surface area (Å²) < 4.78 is 22.2. The minimum absolute atomic E-state index is 0.00431. The number of piperidine rings is 1. The summed E-state index contributed by atoms with van der Waals surface area (Å²) in [7, 11) is -3.06. The van der Waals surface area contributed by atoms with Crippen molar-refractivity contribution < 1.29 is 23.1 Å². The maximum Gasteiger partial charge on any atom is 0.314 e. The minimum Gasteiger partial charge on any atom is -0.481 e. The number of carbonyl (C=O) groups is 2. The second kappa shape index (κ2) is 7.34. The van der Waals surface area contributed by atoms with Crippen molar-refractivity contribution in [3.05, 3.63) is 35.9 Å². The van der Waals surface area contributed by atoms with E-state index in [0.29, 0.717) is 32.4 Å². The van der Waals surface area contributed by atoms with Crippen LogP contribution in [-0.4, -0.2) is 55.4 Å². The number of hydrogen-bond donors (Lipinski definition) is 1. The molecule has 0 aliphatic carbocycles. The lowest BCUT2D eigenvalue weighted by molar-refractivity contribution is -0.148. The van der Waals surface area contributed by atoms with Gasteiger partial charge in [0, 0.05) is 25.8 Å². The molecule has 1 fully saturated rings. The third-order valence-corrected chi connectivity index (χ3v) is 5.64. The SMILES string of the molecule is CS(=O)(=O)CCCC(=O)N1CCC(C(=O)O)(c2ccccc2)CC1. The zero-order valence-corrected chi connectivity index (χ0v) is 14.6. The summed E-state index contributed by atoms with van der Waals surface area (Å²) in [5, 5.41) is 9.73. The monoisotopic (exact) mass is 353 g/mol. The fourth-order valence-electron chi connectivity index (χ4n) is 3.16. The van der Waals surface area contributed by atoms with Crippen LogP contribution >= 0.6 is 0 Å². The number of carboxylic acids is 1. The first-order chi connectivity index (χ1) is 11.2. The Balaban J connectivity index is 1.98. The molecular weight excluding hydrogens is 330 g/mol.